The van der Waals surface area contributed by atoms with Crippen LogP contribution in [-0.2, 0) is 19.4 Å². The number of hydrogen-bond donors (Lipinski definition) is 1. The van der Waals surface area contributed by atoms with Gasteiger partial charge in [0, 0.05) is 19.1 Å². The summed E-state index contributed by atoms with van der Waals surface area (Å²) in [6.07, 6.45) is 3.29. The van der Waals surface area contributed by atoms with Gasteiger partial charge in [-0.3, -0.25) is 4.79 Å². The van der Waals surface area contributed by atoms with E-state index in [1.165, 1.54) is 0 Å². The number of hydrogen-bond acceptors (Lipinski definition) is 5. The minimum absolute atomic E-state index is 0. The molecule has 4 atom stereocenters. The predicted octanol–water partition coefficient (Wildman–Crippen LogP) is 0.353. The van der Waals surface area contributed by atoms with Crippen LogP contribution in [0.2, 0.25) is 0 Å². The van der Waals surface area contributed by atoms with Gasteiger partial charge in [0.25, 0.3) is 0 Å². The zero-order valence-corrected chi connectivity index (χ0v) is 14.5. The van der Waals surface area contributed by atoms with Crippen LogP contribution < -0.4 is 5.32 Å². The van der Waals surface area contributed by atoms with Gasteiger partial charge in [0.15, 0.2) is 9.84 Å². The zero-order valence-electron chi connectivity index (χ0n) is 12.9. The van der Waals surface area contributed by atoms with Crippen molar-refractivity contribution in [2.45, 2.75) is 56.0 Å². The van der Waals surface area contributed by atoms with Crippen molar-refractivity contribution in [2.75, 3.05) is 25.4 Å². The van der Waals surface area contributed by atoms with Crippen LogP contribution in [0.4, 0.5) is 0 Å². The third-order valence-corrected chi connectivity index (χ3v) is 7.24. The van der Waals surface area contributed by atoms with Crippen molar-refractivity contribution in [1.29, 1.82) is 0 Å². The Balaban J connectivity index is 0.00000176. The van der Waals surface area contributed by atoms with Crippen molar-refractivity contribution < 1.29 is 17.9 Å². The van der Waals surface area contributed by atoms with Gasteiger partial charge >= 0.3 is 0 Å². The Morgan fingerprint density at radius 3 is 2.73 bits per heavy atom. The lowest BCUT2D eigenvalue weighted by molar-refractivity contribution is -0.142. The quantitative estimate of drug-likeness (QED) is 0.737. The van der Waals surface area contributed by atoms with Crippen LogP contribution in [0, 0.1) is 0 Å². The van der Waals surface area contributed by atoms with Crippen molar-refractivity contribution in [1.82, 2.24) is 10.2 Å². The molecule has 1 aliphatic carbocycles. The van der Waals surface area contributed by atoms with E-state index >= 15 is 0 Å². The van der Waals surface area contributed by atoms with E-state index in [1.807, 2.05) is 11.8 Å². The van der Waals surface area contributed by atoms with Gasteiger partial charge in [0.1, 0.15) is 6.04 Å². The fourth-order valence-electron chi connectivity index (χ4n) is 3.86. The van der Waals surface area contributed by atoms with E-state index in [1.54, 1.807) is 0 Å². The first-order chi connectivity index (χ1) is 10.0. The van der Waals surface area contributed by atoms with Gasteiger partial charge in [-0.2, -0.15) is 0 Å². The molecule has 2 aliphatic heterocycles. The monoisotopic (exact) mass is 352 g/mol. The van der Waals surface area contributed by atoms with Crippen LogP contribution in [0.15, 0.2) is 0 Å². The number of carbonyl (C=O) groups is 1. The number of sulfone groups is 1. The van der Waals surface area contributed by atoms with Gasteiger partial charge < -0.3 is 15.0 Å². The van der Waals surface area contributed by atoms with Crippen molar-refractivity contribution in [3.63, 3.8) is 0 Å². The fraction of sp³-hybridized carbons (Fsp3) is 0.929. The summed E-state index contributed by atoms with van der Waals surface area (Å²) >= 11 is 0. The van der Waals surface area contributed by atoms with Gasteiger partial charge in [0.2, 0.25) is 5.91 Å². The smallest absolute Gasteiger partial charge is 0.242 e. The molecule has 8 heteroatoms. The van der Waals surface area contributed by atoms with Crippen molar-refractivity contribution >= 4 is 28.2 Å². The molecule has 3 rings (SSSR count). The molecule has 22 heavy (non-hydrogen) atoms. The number of carbonyl (C=O) groups excluding carboxylic acids is 1. The number of nitrogens with zero attached hydrogens (tertiary/aromatic N) is 1. The highest BCUT2D eigenvalue weighted by Gasteiger charge is 2.46. The molecule has 3 aliphatic rings. The molecule has 6 nitrogen and oxygen atoms in total. The standard InChI is InChI=1S/C14H24N2O4S.ClH/c1-10-13(15-6-8-20-10)14(17)16-7-9-21(18,19)12-5-3-2-4-11(12)16;/h10-13,15H,2-9H2,1H3;1H/t10-,11?,12?,13+;/m1./s1. The Morgan fingerprint density at radius 1 is 1.27 bits per heavy atom. The number of halogens is 1. The maximum Gasteiger partial charge on any atom is 0.242 e. The lowest BCUT2D eigenvalue weighted by atomic mass is 9.92. The maximum atomic E-state index is 12.8. The SMILES string of the molecule is C[C@H]1OCCN[C@@H]1C(=O)N1CCS(=O)(=O)C2CCCCC21.Cl. The summed E-state index contributed by atoms with van der Waals surface area (Å²) < 4.78 is 30.0. The number of ether oxygens (including phenoxy) is 1. The molecule has 2 saturated heterocycles. The van der Waals surface area contributed by atoms with Crippen LogP contribution in [0.25, 0.3) is 0 Å². The second-order valence-corrected chi connectivity index (χ2v) is 8.64. The Kier molecular flexibility index (Phi) is 5.74. The van der Waals surface area contributed by atoms with E-state index in [0.717, 1.165) is 19.3 Å². The first-order valence-corrected chi connectivity index (χ1v) is 9.59. The molecule has 0 radical (unpaired) electrons. The fourth-order valence-corrected chi connectivity index (χ4v) is 5.90. The molecule has 2 heterocycles. The molecule has 128 valence electrons. The highest BCUT2D eigenvalue weighted by molar-refractivity contribution is 7.92. The highest BCUT2D eigenvalue weighted by Crippen LogP contribution is 2.32. The van der Waals surface area contributed by atoms with Crippen molar-refractivity contribution in [3.8, 4) is 0 Å². The molecular formula is C14H25ClN2O4S. The van der Waals surface area contributed by atoms with E-state index in [9.17, 15) is 13.2 Å². The molecule has 1 amide bonds. The number of nitrogens with one attached hydrogen (secondary N) is 1. The molecule has 0 aromatic rings. The maximum absolute atomic E-state index is 12.8. The second-order valence-electron chi connectivity index (χ2n) is 6.30. The molecule has 1 N–H and O–H groups in total. The number of rotatable bonds is 1. The number of amides is 1. The third-order valence-electron chi connectivity index (χ3n) is 5.01. The van der Waals surface area contributed by atoms with E-state index in [2.05, 4.69) is 5.32 Å². The average Bonchev–Trinajstić information content (AvgIpc) is 2.47. The Hall–Kier alpha value is -0.370. The molecule has 0 spiro atoms. The van der Waals surface area contributed by atoms with E-state index in [4.69, 9.17) is 4.74 Å². The topological polar surface area (TPSA) is 75.7 Å². The highest BCUT2D eigenvalue weighted by atomic mass is 35.5. The van der Waals surface area contributed by atoms with Crippen LogP contribution in [-0.4, -0.2) is 68.1 Å². The zero-order chi connectivity index (χ0) is 15.0. The molecule has 2 unspecified atom stereocenters. The third kappa shape index (κ3) is 3.27. The minimum Gasteiger partial charge on any atom is -0.375 e. The number of fused-ring (bicyclic) bond motifs is 1. The summed E-state index contributed by atoms with van der Waals surface area (Å²) in [4.78, 5) is 14.6. The predicted molar refractivity (Wildman–Crippen MR) is 86.0 cm³/mol. The van der Waals surface area contributed by atoms with Gasteiger partial charge in [-0.1, -0.05) is 12.8 Å². The molecule has 0 aromatic heterocycles. The average molecular weight is 353 g/mol. The molecule has 1 saturated carbocycles. The Morgan fingerprint density at radius 2 is 2.00 bits per heavy atom. The molecule has 0 bridgehead atoms. The Labute approximate surface area is 138 Å². The van der Waals surface area contributed by atoms with Crippen molar-refractivity contribution in [2.24, 2.45) is 0 Å². The summed E-state index contributed by atoms with van der Waals surface area (Å²) in [6.45, 7) is 3.51. The van der Waals surface area contributed by atoms with Crippen molar-refractivity contribution in [3.05, 3.63) is 0 Å². The van der Waals surface area contributed by atoms with Gasteiger partial charge in [-0.25, -0.2) is 8.42 Å². The molecular weight excluding hydrogens is 328 g/mol. The second kappa shape index (κ2) is 7.03. The minimum atomic E-state index is -3.04. The normalized spacial score (nSPS) is 37.8. The first kappa shape index (κ1) is 18.0. The summed E-state index contributed by atoms with van der Waals surface area (Å²) in [5.74, 6) is 0.107. The van der Waals surface area contributed by atoms with Gasteiger partial charge in [-0.05, 0) is 19.8 Å². The Bertz CT molecular complexity index is 513. The van der Waals surface area contributed by atoms with E-state index in [-0.39, 0.29) is 47.5 Å². The summed E-state index contributed by atoms with van der Waals surface area (Å²) in [5, 5.41) is 2.86. The molecule has 3 fully saturated rings. The first-order valence-electron chi connectivity index (χ1n) is 7.88. The van der Waals surface area contributed by atoms with Gasteiger partial charge in [0.05, 0.1) is 23.7 Å². The van der Waals surface area contributed by atoms with E-state index in [0.29, 0.717) is 26.1 Å². The van der Waals surface area contributed by atoms with Gasteiger partial charge in [-0.15, -0.1) is 12.4 Å². The molecule has 0 aromatic carbocycles. The van der Waals surface area contributed by atoms with Crippen LogP contribution in [0.5, 0.6) is 0 Å². The lowest BCUT2D eigenvalue weighted by Gasteiger charge is -2.45. The lowest BCUT2D eigenvalue weighted by Crippen LogP contribution is -2.64. The summed E-state index contributed by atoms with van der Waals surface area (Å²) in [5.41, 5.74) is 0. The van der Waals surface area contributed by atoms with E-state index < -0.39 is 9.84 Å². The van der Waals surface area contributed by atoms with Crippen LogP contribution in [0.1, 0.15) is 32.6 Å². The number of morpholine rings is 1. The van der Waals surface area contributed by atoms with Crippen LogP contribution in [0.3, 0.4) is 0 Å². The largest absolute Gasteiger partial charge is 0.375 e. The summed E-state index contributed by atoms with van der Waals surface area (Å²) in [7, 11) is -3.04. The van der Waals surface area contributed by atoms with Crippen LogP contribution >= 0.6 is 12.4 Å². The summed E-state index contributed by atoms with van der Waals surface area (Å²) in [6, 6.07) is -0.483.